The van der Waals surface area contributed by atoms with Gasteiger partial charge in [-0.1, -0.05) is 34.4 Å². The Hall–Kier alpha value is -1.15. The summed E-state index contributed by atoms with van der Waals surface area (Å²) >= 11 is 12.9. The summed E-state index contributed by atoms with van der Waals surface area (Å²) in [5, 5.41) is 5.49. The molecule has 2 saturated carbocycles. The van der Waals surface area contributed by atoms with E-state index in [1.165, 1.54) is 0 Å². The highest BCUT2D eigenvalue weighted by molar-refractivity contribution is 6.39. The molecule has 2 saturated heterocycles. The van der Waals surface area contributed by atoms with Gasteiger partial charge in [0, 0.05) is 28.9 Å². The van der Waals surface area contributed by atoms with Gasteiger partial charge in [-0.3, -0.25) is 0 Å². The van der Waals surface area contributed by atoms with Crippen molar-refractivity contribution in [3.8, 4) is 11.3 Å². The van der Waals surface area contributed by atoms with Crippen LogP contribution in [0.25, 0.3) is 11.3 Å². The molecule has 1 unspecified atom stereocenters. The molecule has 8 heteroatoms. The first kappa shape index (κ1) is 20.5. The molecule has 31 heavy (non-hydrogen) atoms. The van der Waals surface area contributed by atoms with Crippen molar-refractivity contribution in [1.29, 1.82) is 0 Å². The van der Waals surface area contributed by atoms with Crippen molar-refractivity contribution in [3.63, 3.8) is 0 Å². The molecule has 6 nitrogen and oxygen atoms in total. The molecular formula is C23H25Cl2NO5. The van der Waals surface area contributed by atoms with Crippen LogP contribution in [-0.2, 0) is 25.6 Å². The summed E-state index contributed by atoms with van der Waals surface area (Å²) in [5.41, 5.74) is 2.36. The van der Waals surface area contributed by atoms with Crippen LogP contribution in [0.5, 0.6) is 0 Å². The summed E-state index contributed by atoms with van der Waals surface area (Å²) < 4.78 is 30.3. The third-order valence-corrected chi connectivity index (χ3v) is 7.67. The van der Waals surface area contributed by atoms with Crippen LogP contribution in [0, 0.1) is 11.8 Å². The van der Waals surface area contributed by atoms with Gasteiger partial charge in [0.1, 0.15) is 11.5 Å². The highest BCUT2D eigenvalue weighted by atomic mass is 35.5. The van der Waals surface area contributed by atoms with Crippen LogP contribution in [0.3, 0.4) is 0 Å². The van der Waals surface area contributed by atoms with Gasteiger partial charge in [0.05, 0.1) is 49.2 Å². The summed E-state index contributed by atoms with van der Waals surface area (Å²) in [6.45, 7) is 3.04. The highest BCUT2D eigenvalue weighted by Crippen LogP contribution is 2.49. The number of rotatable bonds is 5. The van der Waals surface area contributed by atoms with Crippen LogP contribution >= 0.6 is 23.2 Å². The van der Waals surface area contributed by atoms with Crippen LogP contribution < -0.4 is 0 Å². The van der Waals surface area contributed by atoms with E-state index in [1.807, 2.05) is 18.2 Å². The summed E-state index contributed by atoms with van der Waals surface area (Å²) in [6, 6.07) is 5.47. The molecule has 3 atom stereocenters. The highest BCUT2D eigenvalue weighted by Gasteiger charge is 2.57. The summed E-state index contributed by atoms with van der Waals surface area (Å²) in [5.74, 6) is 1.21. The zero-order chi connectivity index (χ0) is 21.0. The zero-order valence-electron chi connectivity index (χ0n) is 17.1. The monoisotopic (exact) mass is 465 g/mol. The smallest absolute Gasteiger partial charge is 0.178 e. The largest absolute Gasteiger partial charge is 0.380 e. The lowest BCUT2D eigenvalue weighted by Crippen LogP contribution is -2.58. The SMILES string of the molecule is Clc1cccc(Cl)c1-c1noc(C2CC2)c1COC1C[C@H]2COC[C@@H](C1)C21OCCO1. The first-order valence-corrected chi connectivity index (χ1v) is 11.8. The Bertz CT molecular complexity index is 933. The van der Waals surface area contributed by atoms with Crippen molar-refractivity contribution in [2.45, 2.75) is 50.1 Å². The molecule has 1 spiro atoms. The second kappa shape index (κ2) is 8.01. The van der Waals surface area contributed by atoms with E-state index in [2.05, 4.69) is 5.16 Å². The van der Waals surface area contributed by atoms with Crippen LogP contribution in [0.2, 0.25) is 10.0 Å². The molecule has 4 aliphatic rings. The third-order valence-electron chi connectivity index (χ3n) is 7.04. The van der Waals surface area contributed by atoms with Crippen LogP contribution in [0.15, 0.2) is 22.7 Å². The van der Waals surface area contributed by atoms with Gasteiger partial charge in [0.2, 0.25) is 0 Å². The summed E-state index contributed by atoms with van der Waals surface area (Å²) in [6.07, 6.45) is 4.03. The Morgan fingerprint density at radius 1 is 1.03 bits per heavy atom. The van der Waals surface area contributed by atoms with Gasteiger partial charge >= 0.3 is 0 Å². The van der Waals surface area contributed by atoms with Crippen molar-refractivity contribution < 1.29 is 23.5 Å². The third kappa shape index (κ3) is 3.52. The number of halogens is 2. The molecule has 1 aromatic heterocycles. The van der Waals surface area contributed by atoms with Crippen molar-refractivity contribution in [2.24, 2.45) is 11.8 Å². The van der Waals surface area contributed by atoms with E-state index in [0.29, 0.717) is 60.3 Å². The minimum absolute atomic E-state index is 0.105. The maximum absolute atomic E-state index is 6.47. The first-order chi connectivity index (χ1) is 15.2. The molecule has 2 aliphatic carbocycles. The van der Waals surface area contributed by atoms with Crippen LogP contribution in [-0.4, -0.2) is 43.5 Å². The predicted molar refractivity (Wildman–Crippen MR) is 114 cm³/mol. The number of aromatic nitrogens is 1. The van der Waals surface area contributed by atoms with E-state index in [4.69, 9.17) is 46.7 Å². The molecule has 4 fully saturated rings. The number of nitrogens with zero attached hydrogens (tertiary/aromatic N) is 1. The van der Waals surface area contributed by atoms with E-state index in [1.54, 1.807) is 0 Å². The number of ether oxygens (including phenoxy) is 4. The molecule has 0 radical (unpaired) electrons. The number of hydrogen-bond donors (Lipinski definition) is 0. The Kier molecular flexibility index (Phi) is 5.29. The second-order valence-corrected chi connectivity index (χ2v) is 9.81. The molecular weight excluding hydrogens is 441 g/mol. The standard InChI is InChI=1S/C23H25Cl2NO5/c24-18-2-1-3-19(25)20(18)21-17(22(31-26-21)13-4-5-13)12-28-16-8-14-10-27-11-15(9-16)23(14)29-6-7-30-23/h1-3,13-16H,4-12H2/t14-,15+,16?. The zero-order valence-corrected chi connectivity index (χ0v) is 18.7. The van der Waals surface area contributed by atoms with E-state index in [0.717, 1.165) is 37.0 Å². The van der Waals surface area contributed by atoms with E-state index in [-0.39, 0.29) is 17.9 Å². The first-order valence-electron chi connectivity index (χ1n) is 11.1. The van der Waals surface area contributed by atoms with Crippen molar-refractivity contribution >= 4 is 23.2 Å². The van der Waals surface area contributed by atoms with Crippen LogP contribution in [0.1, 0.15) is 42.9 Å². The molecule has 6 rings (SSSR count). The minimum atomic E-state index is -0.481. The predicted octanol–water partition coefficient (Wildman–Crippen LogP) is 5.21. The quantitative estimate of drug-likeness (QED) is 0.603. The molecule has 166 valence electrons. The number of hydrogen-bond acceptors (Lipinski definition) is 6. The van der Waals surface area contributed by atoms with Crippen molar-refractivity contribution in [1.82, 2.24) is 5.16 Å². The van der Waals surface area contributed by atoms with Gasteiger partial charge in [-0.25, -0.2) is 0 Å². The lowest BCUT2D eigenvalue weighted by molar-refractivity contribution is -0.301. The average molecular weight is 466 g/mol. The Labute approximate surface area is 191 Å². The molecule has 2 aromatic rings. The van der Waals surface area contributed by atoms with Crippen molar-refractivity contribution in [3.05, 3.63) is 39.6 Å². The molecule has 2 bridgehead atoms. The maximum Gasteiger partial charge on any atom is 0.178 e. The fourth-order valence-electron chi connectivity index (χ4n) is 5.41. The topological polar surface area (TPSA) is 63.0 Å². The normalized spacial score (nSPS) is 29.5. The lowest BCUT2D eigenvalue weighted by atomic mass is 9.73. The van der Waals surface area contributed by atoms with Gasteiger partial charge in [-0.05, 0) is 37.8 Å². The molecule has 2 aliphatic heterocycles. The van der Waals surface area contributed by atoms with E-state index >= 15 is 0 Å². The lowest BCUT2D eigenvalue weighted by Gasteiger charge is -2.50. The Morgan fingerprint density at radius 2 is 1.71 bits per heavy atom. The fourth-order valence-corrected chi connectivity index (χ4v) is 5.99. The molecule has 0 amide bonds. The van der Waals surface area contributed by atoms with Gasteiger partial charge in [-0.15, -0.1) is 0 Å². The van der Waals surface area contributed by atoms with Gasteiger partial charge in [-0.2, -0.15) is 0 Å². The van der Waals surface area contributed by atoms with E-state index in [9.17, 15) is 0 Å². The van der Waals surface area contributed by atoms with Gasteiger partial charge in [0.15, 0.2) is 5.79 Å². The average Bonchev–Trinajstić information content (AvgIpc) is 3.33. The molecule has 1 aromatic carbocycles. The number of benzene rings is 1. The molecule has 3 heterocycles. The Balaban J connectivity index is 1.25. The van der Waals surface area contributed by atoms with E-state index < -0.39 is 5.79 Å². The summed E-state index contributed by atoms with van der Waals surface area (Å²) in [7, 11) is 0. The second-order valence-electron chi connectivity index (χ2n) is 9.00. The maximum atomic E-state index is 6.47. The summed E-state index contributed by atoms with van der Waals surface area (Å²) in [4.78, 5) is 0. The molecule has 0 N–H and O–H groups in total. The van der Waals surface area contributed by atoms with Crippen LogP contribution in [0.4, 0.5) is 0 Å². The minimum Gasteiger partial charge on any atom is -0.380 e. The Morgan fingerprint density at radius 3 is 2.35 bits per heavy atom. The fraction of sp³-hybridized carbons (Fsp3) is 0.609. The van der Waals surface area contributed by atoms with Gasteiger partial charge < -0.3 is 23.5 Å². The van der Waals surface area contributed by atoms with Gasteiger partial charge in [0.25, 0.3) is 0 Å². The van der Waals surface area contributed by atoms with Crippen molar-refractivity contribution in [2.75, 3.05) is 26.4 Å².